The number of benzene rings is 2. The van der Waals surface area contributed by atoms with Crippen molar-refractivity contribution in [3.8, 4) is 16.9 Å². The van der Waals surface area contributed by atoms with Gasteiger partial charge < -0.3 is 14.6 Å². The summed E-state index contributed by atoms with van der Waals surface area (Å²) in [5.41, 5.74) is 1.49. The Labute approximate surface area is 132 Å². The molecule has 0 radical (unpaired) electrons. The number of carbonyl (C=O) groups is 2. The number of hydrogen-bond donors (Lipinski definition) is 1. The zero-order valence-corrected chi connectivity index (χ0v) is 12.7. The molecule has 6 heteroatoms. The quantitative estimate of drug-likeness (QED) is 0.873. The number of aromatic carboxylic acids is 1. The largest absolute Gasteiger partial charge is 0.495 e. The predicted octanol–water partition coefficient (Wildman–Crippen LogP) is 3.50. The topological polar surface area (TPSA) is 72.8 Å². The maximum absolute atomic E-state index is 11.5. The van der Waals surface area contributed by atoms with Gasteiger partial charge in [0.25, 0.3) is 0 Å². The van der Waals surface area contributed by atoms with E-state index in [2.05, 4.69) is 4.74 Å². The molecule has 5 nitrogen and oxygen atoms in total. The molecule has 0 bridgehead atoms. The molecule has 0 spiro atoms. The van der Waals surface area contributed by atoms with Gasteiger partial charge in [0, 0.05) is 5.56 Å². The number of para-hydroxylation sites is 1. The van der Waals surface area contributed by atoms with Crippen molar-refractivity contribution in [2.75, 3.05) is 14.2 Å². The van der Waals surface area contributed by atoms with E-state index in [0.717, 1.165) is 0 Å². The molecule has 0 aliphatic rings. The number of rotatable bonds is 4. The predicted molar refractivity (Wildman–Crippen MR) is 81.7 cm³/mol. The first-order valence-electron chi connectivity index (χ1n) is 6.28. The summed E-state index contributed by atoms with van der Waals surface area (Å²) in [5.74, 6) is -1.39. The van der Waals surface area contributed by atoms with Crippen LogP contribution in [0.5, 0.6) is 5.75 Å². The Bertz CT molecular complexity index is 739. The second-order valence-electron chi connectivity index (χ2n) is 4.38. The van der Waals surface area contributed by atoms with Crippen molar-refractivity contribution in [1.82, 2.24) is 0 Å². The molecule has 0 aliphatic carbocycles. The lowest BCUT2D eigenvalue weighted by atomic mass is 10.00. The summed E-state index contributed by atoms with van der Waals surface area (Å²) < 4.78 is 9.85. The molecule has 0 saturated heterocycles. The maximum atomic E-state index is 11.5. The normalized spacial score (nSPS) is 10.1. The van der Waals surface area contributed by atoms with Gasteiger partial charge in [-0.15, -0.1) is 0 Å². The highest BCUT2D eigenvalue weighted by atomic mass is 35.5. The van der Waals surface area contributed by atoms with Gasteiger partial charge in [0.2, 0.25) is 0 Å². The molecule has 0 atom stereocenters. The summed E-state index contributed by atoms with van der Waals surface area (Å²) >= 11 is 6.09. The molecule has 0 unspecified atom stereocenters. The number of carboxylic acids is 1. The van der Waals surface area contributed by atoms with E-state index in [0.29, 0.717) is 11.1 Å². The highest BCUT2D eigenvalue weighted by Gasteiger charge is 2.17. The lowest BCUT2D eigenvalue weighted by Crippen LogP contribution is -2.03. The summed E-state index contributed by atoms with van der Waals surface area (Å²) in [5, 5.41) is 9.42. The second kappa shape index (κ2) is 6.49. The average Bonchev–Trinajstić information content (AvgIpc) is 2.53. The third kappa shape index (κ3) is 2.89. The minimum absolute atomic E-state index is 0.0492. The fourth-order valence-electron chi connectivity index (χ4n) is 2.11. The molecular formula is C16H13ClO5. The summed E-state index contributed by atoms with van der Waals surface area (Å²) in [4.78, 5) is 22.8. The maximum Gasteiger partial charge on any atom is 0.339 e. The number of carbonyl (C=O) groups excluding carboxylic acids is 1. The number of methoxy groups -OCH3 is 2. The van der Waals surface area contributed by atoms with Crippen LogP contribution in [0.2, 0.25) is 5.02 Å². The molecular weight excluding hydrogens is 308 g/mol. The minimum atomic E-state index is -1.09. The van der Waals surface area contributed by atoms with E-state index in [-0.39, 0.29) is 21.9 Å². The van der Waals surface area contributed by atoms with Gasteiger partial charge in [-0.25, -0.2) is 9.59 Å². The molecule has 0 heterocycles. The fourth-order valence-corrected chi connectivity index (χ4v) is 2.37. The first-order chi connectivity index (χ1) is 10.5. The van der Waals surface area contributed by atoms with E-state index < -0.39 is 11.9 Å². The van der Waals surface area contributed by atoms with Gasteiger partial charge >= 0.3 is 11.9 Å². The molecule has 0 saturated carbocycles. The van der Waals surface area contributed by atoms with E-state index in [9.17, 15) is 14.7 Å². The minimum Gasteiger partial charge on any atom is -0.495 e. The molecule has 0 amide bonds. The summed E-state index contributed by atoms with van der Waals surface area (Å²) in [6.07, 6.45) is 0. The zero-order valence-electron chi connectivity index (χ0n) is 11.9. The number of carboxylic acid groups (broad SMARTS) is 1. The Balaban J connectivity index is 2.58. The monoisotopic (exact) mass is 320 g/mol. The van der Waals surface area contributed by atoms with E-state index in [4.69, 9.17) is 16.3 Å². The van der Waals surface area contributed by atoms with E-state index in [1.807, 2.05) is 0 Å². The van der Waals surface area contributed by atoms with Gasteiger partial charge in [0.1, 0.15) is 11.3 Å². The highest BCUT2D eigenvalue weighted by Crippen LogP contribution is 2.35. The molecule has 0 aromatic heterocycles. The Morgan fingerprint density at radius 1 is 1.09 bits per heavy atom. The molecule has 1 N–H and O–H groups in total. The van der Waals surface area contributed by atoms with Crippen molar-refractivity contribution >= 4 is 23.5 Å². The van der Waals surface area contributed by atoms with Gasteiger partial charge in [-0.05, 0) is 23.8 Å². The first-order valence-corrected chi connectivity index (χ1v) is 6.66. The van der Waals surface area contributed by atoms with Crippen LogP contribution < -0.4 is 4.74 Å². The van der Waals surface area contributed by atoms with Gasteiger partial charge in [0.15, 0.2) is 0 Å². The third-order valence-electron chi connectivity index (χ3n) is 3.13. The van der Waals surface area contributed by atoms with Crippen LogP contribution >= 0.6 is 11.6 Å². The Kier molecular flexibility index (Phi) is 4.68. The molecule has 2 aromatic carbocycles. The van der Waals surface area contributed by atoms with Crippen LogP contribution in [0.1, 0.15) is 20.7 Å². The summed E-state index contributed by atoms with van der Waals surface area (Å²) in [7, 11) is 2.67. The van der Waals surface area contributed by atoms with Gasteiger partial charge in [0.05, 0.1) is 24.8 Å². The summed E-state index contributed by atoms with van der Waals surface area (Å²) in [6.45, 7) is 0. The van der Waals surface area contributed by atoms with Crippen LogP contribution in [0.25, 0.3) is 11.1 Å². The van der Waals surface area contributed by atoms with Crippen LogP contribution in [0.4, 0.5) is 0 Å². The number of hydrogen-bond acceptors (Lipinski definition) is 4. The van der Waals surface area contributed by atoms with Crippen molar-refractivity contribution in [3.63, 3.8) is 0 Å². The van der Waals surface area contributed by atoms with Crippen molar-refractivity contribution in [2.45, 2.75) is 0 Å². The Morgan fingerprint density at radius 3 is 2.36 bits per heavy atom. The van der Waals surface area contributed by atoms with Crippen molar-refractivity contribution in [1.29, 1.82) is 0 Å². The van der Waals surface area contributed by atoms with Crippen molar-refractivity contribution in [2.24, 2.45) is 0 Å². The van der Waals surface area contributed by atoms with Crippen LogP contribution in [0, 0.1) is 0 Å². The second-order valence-corrected chi connectivity index (χ2v) is 4.78. The lowest BCUT2D eigenvalue weighted by molar-refractivity contribution is 0.0600. The molecule has 0 aliphatic heterocycles. The summed E-state index contributed by atoms with van der Waals surface area (Å²) in [6, 6.07) is 9.53. The van der Waals surface area contributed by atoms with E-state index >= 15 is 0 Å². The molecule has 2 aromatic rings. The van der Waals surface area contributed by atoms with Crippen molar-refractivity contribution < 1.29 is 24.2 Å². The van der Waals surface area contributed by atoms with Crippen LogP contribution in [0.3, 0.4) is 0 Å². The standard InChI is InChI=1S/C16H13ClO5/c1-21-14-10(4-3-5-12(14)15(18)19)9-6-7-11(13(17)8-9)16(20)22-2/h3-8H,1-2H3,(H,18,19). The average molecular weight is 321 g/mol. The number of ether oxygens (including phenoxy) is 2. The number of halogens is 1. The van der Waals surface area contributed by atoms with Gasteiger partial charge in [-0.2, -0.15) is 0 Å². The van der Waals surface area contributed by atoms with Gasteiger partial charge in [-0.3, -0.25) is 0 Å². The fraction of sp³-hybridized carbons (Fsp3) is 0.125. The van der Waals surface area contributed by atoms with Crippen LogP contribution in [-0.4, -0.2) is 31.3 Å². The van der Waals surface area contributed by atoms with E-state index in [1.54, 1.807) is 24.3 Å². The smallest absolute Gasteiger partial charge is 0.339 e. The number of esters is 1. The molecule has 0 fully saturated rings. The van der Waals surface area contributed by atoms with Crippen LogP contribution in [-0.2, 0) is 4.74 Å². The van der Waals surface area contributed by atoms with Crippen molar-refractivity contribution in [3.05, 3.63) is 52.5 Å². The Hall–Kier alpha value is -2.53. The molecule has 2 rings (SSSR count). The zero-order chi connectivity index (χ0) is 16.3. The molecule has 114 valence electrons. The van der Waals surface area contributed by atoms with Gasteiger partial charge in [-0.1, -0.05) is 29.8 Å². The molecule has 22 heavy (non-hydrogen) atoms. The Morgan fingerprint density at radius 2 is 1.82 bits per heavy atom. The van der Waals surface area contributed by atoms with E-state index in [1.165, 1.54) is 26.4 Å². The third-order valence-corrected chi connectivity index (χ3v) is 3.45. The first kappa shape index (κ1) is 15.9. The lowest BCUT2D eigenvalue weighted by Gasteiger charge is -2.12. The van der Waals surface area contributed by atoms with Crippen LogP contribution in [0.15, 0.2) is 36.4 Å². The highest BCUT2D eigenvalue weighted by molar-refractivity contribution is 6.33. The SMILES string of the molecule is COC(=O)c1ccc(-c2cccc(C(=O)O)c2OC)cc1Cl.